The van der Waals surface area contributed by atoms with Gasteiger partial charge in [0.25, 0.3) is 0 Å². The number of hydrogen-bond donors (Lipinski definition) is 2. The predicted octanol–water partition coefficient (Wildman–Crippen LogP) is 4.93. The molecule has 122 valence electrons. The minimum Gasteiger partial charge on any atom is -0.398 e. The summed E-state index contributed by atoms with van der Waals surface area (Å²) >= 11 is 0. The van der Waals surface area contributed by atoms with E-state index in [0.29, 0.717) is 11.5 Å². The van der Waals surface area contributed by atoms with Gasteiger partial charge in [-0.2, -0.15) is 0 Å². The van der Waals surface area contributed by atoms with Crippen LogP contribution >= 0.6 is 0 Å². The highest BCUT2D eigenvalue weighted by molar-refractivity contribution is 5.92. The number of hydrogen-bond acceptors (Lipinski definition) is 4. The largest absolute Gasteiger partial charge is 0.398 e. The van der Waals surface area contributed by atoms with E-state index in [0.717, 1.165) is 28.0 Å². The summed E-state index contributed by atoms with van der Waals surface area (Å²) in [5, 5.41) is 4.39. The van der Waals surface area contributed by atoms with Crippen molar-refractivity contribution in [1.82, 2.24) is 9.97 Å². The number of nitrogens with two attached hydrogens (primary N) is 1. The Bertz CT molecular complexity index is 1040. The van der Waals surface area contributed by atoms with Crippen molar-refractivity contribution in [3.63, 3.8) is 0 Å². The molecule has 0 saturated heterocycles. The summed E-state index contributed by atoms with van der Waals surface area (Å²) in [5.74, 6) is 1.39. The topological polar surface area (TPSA) is 63.8 Å². The molecule has 25 heavy (non-hydrogen) atoms. The van der Waals surface area contributed by atoms with Crippen LogP contribution in [-0.4, -0.2) is 9.97 Å². The molecule has 3 aromatic carbocycles. The van der Waals surface area contributed by atoms with E-state index in [2.05, 4.69) is 24.4 Å². The van der Waals surface area contributed by atoms with Crippen molar-refractivity contribution >= 4 is 28.1 Å². The van der Waals surface area contributed by atoms with Crippen molar-refractivity contribution < 1.29 is 0 Å². The minimum absolute atomic E-state index is 0.617. The lowest BCUT2D eigenvalue weighted by Crippen LogP contribution is -2.00. The minimum atomic E-state index is 0.617. The van der Waals surface area contributed by atoms with Gasteiger partial charge in [0.1, 0.15) is 5.82 Å². The molecule has 1 heterocycles. The molecular formula is C21H18N4. The number of fused-ring (bicyclic) bond motifs is 1. The van der Waals surface area contributed by atoms with Crippen molar-refractivity contribution in [1.29, 1.82) is 0 Å². The fourth-order valence-electron chi connectivity index (χ4n) is 2.77. The first-order valence-corrected chi connectivity index (χ1v) is 8.16. The van der Waals surface area contributed by atoms with Crippen LogP contribution in [0.2, 0.25) is 0 Å². The highest BCUT2D eigenvalue weighted by atomic mass is 15.0. The molecule has 0 bridgehead atoms. The van der Waals surface area contributed by atoms with Gasteiger partial charge in [-0.05, 0) is 43.3 Å². The zero-order valence-electron chi connectivity index (χ0n) is 13.9. The fraction of sp³-hybridized carbons (Fsp3) is 0.0476. The van der Waals surface area contributed by atoms with Crippen molar-refractivity contribution in [3.05, 3.63) is 78.4 Å². The second-order valence-corrected chi connectivity index (χ2v) is 5.99. The van der Waals surface area contributed by atoms with Gasteiger partial charge in [-0.3, -0.25) is 0 Å². The summed E-state index contributed by atoms with van der Waals surface area (Å²) < 4.78 is 0. The number of nitrogens with zero attached hydrogens (tertiary/aromatic N) is 2. The molecule has 3 N–H and O–H groups in total. The normalized spacial score (nSPS) is 10.8. The summed E-state index contributed by atoms with van der Waals surface area (Å²) in [6, 6.07) is 23.9. The Kier molecular flexibility index (Phi) is 3.78. The molecule has 0 aliphatic carbocycles. The zero-order chi connectivity index (χ0) is 17.2. The number of nitrogen functional groups attached to an aromatic ring is 1. The monoisotopic (exact) mass is 326 g/mol. The zero-order valence-corrected chi connectivity index (χ0v) is 13.9. The van der Waals surface area contributed by atoms with Gasteiger partial charge in [0.05, 0.1) is 5.52 Å². The van der Waals surface area contributed by atoms with Crippen LogP contribution in [0, 0.1) is 6.92 Å². The molecule has 0 unspecified atom stereocenters. The summed E-state index contributed by atoms with van der Waals surface area (Å²) in [5.41, 5.74) is 10.7. The van der Waals surface area contributed by atoms with E-state index in [9.17, 15) is 0 Å². The van der Waals surface area contributed by atoms with E-state index in [1.165, 1.54) is 5.56 Å². The first-order valence-electron chi connectivity index (χ1n) is 8.16. The average molecular weight is 326 g/mol. The number of aromatic nitrogens is 2. The lowest BCUT2D eigenvalue weighted by Gasteiger charge is -2.12. The molecule has 0 atom stereocenters. The molecule has 4 heteroatoms. The van der Waals surface area contributed by atoms with Gasteiger partial charge in [-0.1, -0.05) is 42.0 Å². The summed E-state index contributed by atoms with van der Waals surface area (Å²) in [4.78, 5) is 9.44. The molecule has 0 spiro atoms. The van der Waals surface area contributed by atoms with Gasteiger partial charge >= 0.3 is 0 Å². The smallest absolute Gasteiger partial charge is 0.164 e. The van der Waals surface area contributed by atoms with Crippen LogP contribution < -0.4 is 11.1 Å². The van der Waals surface area contributed by atoms with Crippen LogP contribution in [-0.2, 0) is 0 Å². The number of benzene rings is 3. The van der Waals surface area contributed by atoms with E-state index in [1.807, 2.05) is 60.7 Å². The third-order valence-corrected chi connectivity index (χ3v) is 4.12. The van der Waals surface area contributed by atoms with Crippen molar-refractivity contribution in [2.75, 3.05) is 11.1 Å². The quantitative estimate of drug-likeness (QED) is 0.524. The molecule has 0 radical (unpaired) electrons. The Balaban J connectivity index is 1.87. The van der Waals surface area contributed by atoms with Gasteiger partial charge in [0, 0.05) is 22.3 Å². The highest BCUT2D eigenvalue weighted by Crippen LogP contribution is 2.29. The predicted molar refractivity (Wildman–Crippen MR) is 104 cm³/mol. The summed E-state index contributed by atoms with van der Waals surface area (Å²) in [6.07, 6.45) is 0. The van der Waals surface area contributed by atoms with Crippen molar-refractivity contribution in [2.24, 2.45) is 0 Å². The number of anilines is 3. The summed E-state index contributed by atoms with van der Waals surface area (Å²) in [6.45, 7) is 2.07. The Morgan fingerprint density at radius 1 is 0.800 bits per heavy atom. The second-order valence-electron chi connectivity index (χ2n) is 5.99. The molecule has 4 nitrogen and oxygen atoms in total. The Hall–Kier alpha value is -3.40. The first-order chi connectivity index (χ1) is 12.2. The lowest BCUT2D eigenvalue weighted by molar-refractivity contribution is 1.22. The van der Waals surface area contributed by atoms with Crippen LogP contribution in [0.4, 0.5) is 17.2 Å². The maximum atomic E-state index is 6.12. The second kappa shape index (κ2) is 6.24. The Morgan fingerprint density at radius 2 is 1.52 bits per heavy atom. The molecule has 0 saturated carbocycles. The Labute approximate surface area is 146 Å². The standard InChI is InChI=1S/C21H18N4/c1-14-10-12-15(13-11-14)23-21-17-7-3-5-9-19(17)24-20(25-21)16-6-2-4-8-18(16)22/h2-13H,22H2,1H3,(H,23,24,25). The van der Waals surface area contributed by atoms with Gasteiger partial charge < -0.3 is 11.1 Å². The van der Waals surface area contributed by atoms with Gasteiger partial charge in [0.15, 0.2) is 5.82 Å². The van der Waals surface area contributed by atoms with Crippen LogP contribution in [0.25, 0.3) is 22.3 Å². The molecule has 0 aliphatic heterocycles. The van der Waals surface area contributed by atoms with Gasteiger partial charge in [0.2, 0.25) is 0 Å². The summed E-state index contributed by atoms with van der Waals surface area (Å²) in [7, 11) is 0. The average Bonchev–Trinajstić information content (AvgIpc) is 2.64. The molecule has 0 aliphatic rings. The highest BCUT2D eigenvalue weighted by Gasteiger charge is 2.11. The third-order valence-electron chi connectivity index (χ3n) is 4.12. The number of nitrogens with one attached hydrogen (secondary N) is 1. The van der Waals surface area contributed by atoms with Crippen LogP contribution in [0.15, 0.2) is 72.8 Å². The van der Waals surface area contributed by atoms with Crippen molar-refractivity contribution in [2.45, 2.75) is 6.92 Å². The van der Waals surface area contributed by atoms with Crippen LogP contribution in [0.3, 0.4) is 0 Å². The lowest BCUT2D eigenvalue weighted by atomic mass is 10.1. The number of para-hydroxylation sites is 2. The van der Waals surface area contributed by atoms with Crippen LogP contribution in [0.5, 0.6) is 0 Å². The fourth-order valence-corrected chi connectivity index (χ4v) is 2.77. The molecular weight excluding hydrogens is 308 g/mol. The van der Waals surface area contributed by atoms with Crippen LogP contribution in [0.1, 0.15) is 5.56 Å². The maximum absolute atomic E-state index is 6.12. The SMILES string of the molecule is Cc1ccc(Nc2nc(-c3ccccc3N)nc3ccccc23)cc1. The molecule has 4 rings (SSSR count). The Morgan fingerprint density at radius 3 is 2.32 bits per heavy atom. The van der Waals surface area contributed by atoms with E-state index < -0.39 is 0 Å². The molecule has 0 fully saturated rings. The molecule has 4 aromatic rings. The number of aryl methyl sites for hydroxylation is 1. The molecule has 1 aromatic heterocycles. The maximum Gasteiger partial charge on any atom is 0.164 e. The van der Waals surface area contributed by atoms with E-state index >= 15 is 0 Å². The van der Waals surface area contributed by atoms with Crippen molar-refractivity contribution in [3.8, 4) is 11.4 Å². The number of rotatable bonds is 3. The molecule has 0 amide bonds. The first kappa shape index (κ1) is 15.1. The third kappa shape index (κ3) is 3.02. The van der Waals surface area contributed by atoms with Gasteiger partial charge in [-0.25, -0.2) is 9.97 Å². The van der Waals surface area contributed by atoms with E-state index in [-0.39, 0.29) is 0 Å². The van der Waals surface area contributed by atoms with E-state index in [4.69, 9.17) is 15.7 Å². The van der Waals surface area contributed by atoms with Gasteiger partial charge in [-0.15, -0.1) is 0 Å². The van der Waals surface area contributed by atoms with E-state index in [1.54, 1.807) is 0 Å².